The summed E-state index contributed by atoms with van der Waals surface area (Å²) in [7, 11) is 0. The first-order valence-electron chi connectivity index (χ1n) is 5.40. The summed E-state index contributed by atoms with van der Waals surface area (Å²) >= 11 is 1.73. The predicted molar refractivity (Wildman–Crippen MR) is 62.2 cm³/mol. The largest absolute Gasteiger partial charge is 0.389 e. The quantitative estimate of drug-likeness (QED) is 0.847. The van der Waals surface area contributed by atoms with Gasteiger partial charge < -0.3 is 10.0 Å². The highest BCUT2D eigenvalue weighted by molar-refractivity contribution is 7.09. The lowest BCUT2D eigenvalue weighted by Gasteiger charge is -2.18. The number of likely N-dealkylation sites (tertiary alicyclic amines) is 1. The molecule has 1 aromatic heterocycles. The van der Waals surface area contributed by atoms with Crippen LogP contribution in [0.3, 0.4) is 0 Å². The summed E-state index contributed by atoms with van der Waals surface area (Å²) in [5, 5.41) is 9.83. The van der Waals surface area contributed by atoms with Crippen LogP contribution in [0.5, 0.6) is 0 Å². The second-order valence-corrected chi connectivity index (χ2v) is 5.57. The van der Waals surface area contributed by atoms with E-state index in [-0.39, 0.29) is 0 Å². The summed E-state index contributed by atoms with van der Waals surface area (Å²) in [6.45, 7) is 6.85. The van der Waals surface area contributed by atoms with Gasteiger partial charge in [0.25, 0.3) is 0 Å². The molecule has 1 saturated heterocycles. The predicted octanol–water partition coefficient (Wildman–Crippen LogP) is 1.45. The lowest BCUT2D eigenvalue weighted by molar-refractivity contribution is 0.0690. The second-order valence-electron chi connectivity index (χ2n) is 4.63. The molecule has 1 aliphatic rings. The van der Waals surface area contributed by atoms with Gasteiger partial charge in [-0.2, -0.15) is 0 Å². The van der Waals surface area contributed by atoms with E-state index in [1.165, 1.54) is 4.88 Å². The monoisotopic (exact) mass is 226 g/mol. The highest BCUT2D eigenvalue weighted by Crippen LogP contribution is 2.21. The van der Waals surface area contributed by atoms with E-state index in [9.17, 15) is 5.11 Å². The third kappa shape index (κ3) is 2.77. The molecule has 0 saturated carbocycles. The first kappa shape index (κ1) is 11.0. The number of β-amino-alcohol motifs (C(OH)–C–C–N with tert-alkyl or cyclic N) is 1. The number of aromatic nitrogens is 1. The molecule has 84 valence electrons. The van der Waals surface area contributed by atoms with Gasteiger partial charge >= 0.3 is 0 Å². The molecule has 1 aliphatic heterocycles. The van der Waals surface area contributed by atoms with E-state index >= 15 is 0 Å². The zero-order valence-electron chi connectivity index (χ0n) is 9.36. The highest BCUT2D eigenvalue weighted by Gasteiger charge is 2.30. The summed E-state index contributed by atoms with van der Waals surface area (Å²) in [6, 6.07) is 0. The SMILES string of the molecule is Cc1ncsc1CCN1CCC(C)(O)C1. The minimum Gasteiger partial charge on any atom is -0.389 e. The van der Waals surface area contributed by atoms with Gasteiger partial charge in [0.2, 0.25) is 0 Å². The van der Waals surface area contributed by atoms with Crippen molar-refractivity contribution in [2.24, 2.45) is 0 Å². The van der Waals surface area contributed by atoms with Crippen molar-refractivity contribution in [2.45, 2.75) is 32.3 Å². The van der Waals surface area contributed by atoms with Crippen LogP contribution in [0.2, 0.25) is 0 Å². The molecule has 1 N–H and O–H groups in total. The van der Waals surface area contributed by atoms with Crippen molar-refractivity contribution in [1.82, 2.24) is 9.88 Å². The number of hydrogen-bond donors (Lipinski definition) is 1. The van der Waals surface area contributed by atoms with Gasteiger partial charge in [0, 0.05) is 24.5 Å². The molecule has 0 aliphatic carbocycles. The maximum Gasteiger partial charge on any atom is 0.0797 e. The smallest absolute Gasteiger partial charge is 0.0797 e. The average Bonchev–Trinajstić information content (AvgIpc) is 2.69. The third-order valence-corrected chi connectivity index (χ3v) is 4.03. The maximum atomic E-state index is 9.83. The Balaban J connectivity index is 1.83. The van der Waals surface area contributed by atoms with Crippen LogP contribution in [0.15, 0.2) is 5.51 Å². The molecule has 0 bridgehead atoms. The molecule has 0 aromatic carbocycles. The third-order valence-electron chi connectivity index (χ3n) is 3.03. The topological polar surface area (TPSA) is 36.4 Å². The Bertz CT molecular complexity index is 335. The Morgan fingerprint density at radius 3 is 3.00 bits per heavy atom. The van der Waals surface area contributed by atoms with E-state index in [0.717, 1.165) is 38.2 Å². The number of aliphatic hydroxyl groups is 1. The molecule has 1 atom stereocenters. The Morgan fingerprint density at radius 2 is 2.47 bits per heavy atom. The van der Waals surface area contributed by atoms with E-state index in [1.807, 2.05) is 12.4 Å². The van der Waals surface area contributed by atoms with E-state index in [4.69, 9.17) is 0 Å². The fourth-order valence-electron chi connectivity index (χ4n) is 2.06. The Hall–Kier alpha value is -0.450. The number of hydrogen-bond acceptors (Lipinski definition) is 4. The van der Waals surface area contributed by atoms with Crippen molar-refractivity contribution < 1.29 is 5.11 Å². The Morgan fingerprint density at radius 1 is 1.67 bits per heavy atom. The molecule has 0 spiro atoms. The van der Waals surface area contributed by atoms with Crippen LogP contribution in [-0.2, 0) is 6.42 Å². The number of thiazole rings is 1. The molecule has 3 nitrogen and oxygen atoms in total. The first-order valence-corrected chi connectivity index (χ1v) is 6.28. The van der Waals surface area contributed by atoms with Crippen LogP contribution in [0.4, 0.5) is 0 Å². The zero-order valence-corrected chi connectivity index (χ0v) is 10.2. The van der Waals surface area contributed by atoms with E-state index in [2.05, 4.69) is 16.8 Å². The zero-order chi connectivity index (χ0) is 10.9. The van der Waals surface area contributed by atoms with Crippen LogP contribution in [0, 0.1) is 6.92 Å². The van der Waals surface area contributed by atoms with Gasteiger partial charge in [-0.25, -0.2) is 4.98 Å². The molecule has 1 fully saturated rings. The van der Waals surface area contributed by atoms with Crippen molar-refractivity contribution in [3.05, 3.63) is 16.1 Å². The summed E-state index contributed by atoms with van der Waals surface area (Å²) in [5.74, 6) is 0. The molecule has 1 aromatic rings. The maximum absolute atomic E-state index is 9.83. The highest BCUT2D eigenvalue weighted by atomic mass is 32.1. The van der Waals surface area contributed by atoms with Crippen LogP contribution in [0.25, 0.3) is 0 Å². The van der Waals surface area contributed by atoms with Crippen LogP contribution >= 0.6 is 11.3 Å². The van der Waals surface area contributed by atoms with Crippen LogP contribution in [0.1, 0.15) is 23.9 Å². The normalized spacial score (nSPS) is 27.4. The standard InChI is InChI=1S/C11H18N2OS/c1-9-10(15-8-12-9)3-5-13-6-4-11(2,14)7-13/h8,14H,3-7H2,1-2H3. The van der Waals surface area contributed by atoms with Crippen molar-refractivity contribution in [3.63, 3.8) is 0 Å². The number of aryl methyl sites for hydroxylation is 1. The van der Waals surface area contributed by atoms with Gasteiger partial charge in [-0.15, -0.1) is 11.3 Å². The summed E-state index contributed by atoms with van der Waals surface area (Å²) in [5.41, 5.74) is 2.60. The van der Waals surface area contributed by atoms with Gasteiger partial charge in [-0.3, -0.25) is 0 Å². The fraction of sp³-hybridized carbons (Fsp3) is 0.727. The van der Waals surface area contributed by atoms with Gasteiger partial charge in [-0.05, 0) is 26.7 Å². The van der Waals surface area contributed by atoms with Crippen molar-refractivity contribution in [3.8, 4) is 0 Å². The van der Waals surface area contributed by atoms with Gasteiger partial charge in [-0.1, -0.05) is 0 Å². The van der Waals surface area contributed by atoms with Gasteiger partial charge in [0.1, 0.15) is 0 Å². The average molecular weight is 226 g/mol. The van der Waals surface area contributed by atoms with Gasteiger partial charge in [0.15, 0.2) is 0 Å². The molecule has 15 heavy (non-hydrogen) atoms. The minimum absolute atomic E-state index is 0.469. The van der Waals surface area contributed by atoms with E-state index < -0.39 is 5.60 Å². The minimum atomic E-state index is -0.469. The van der Waals surface area contributed by atoms with Crippen LogP contribution in [-0.4, -0.2) is 40.2 Å². The number of rotatable bonds is 3. The van der Waals surface area contributed by atoms with Crippen LogP contribution < -0.4 is 0 Å². The molecule has 0 amide bonds. The van der Waals surface area contributed by atoms with E-state index in [0.29, 0.717) is 0 Å². The van der Waals surface area contributed by atoms with Crippen molar-refractivity contribution in [2.75, 3.05) is 19.6 Å². The molecule has 2 rings (SSSR count). The van der Waals surface area contributed by atoms with Gasteiger partial charge in [0.05, 0.1) is 16.8 Å². The number of nitrogens with zero attached hydrogens (tertiary/aromatic N) is 2. The first-order chi connectivity index (χ1) is 7.07. The molecule has 1 unspecified atom stereocenters. The molecular weight excluding hydrogens is 208 g/mol. The van der Waals surface area contributed by atoms with Crippen molar-refractivity contribution >= 4 is 11.3 Å². The van der Waals surface area contributed by atoms with E-state index in [1.54, 1.807) is 11.3 Å². The van der Waals surface area contributed by atoms with Crippen molar-refractivity contribution in [1.29, 1.82) is 0 Å². The molecular formula is C11H18N2OS. The molecule has 4 heteroatoms. The Kier molecular flexibility index (Phi) is 3.09. The molecule has 2 heterocycles. The second kappa shape index (κ2) is 4.20. The summed E-state index contributed by atoms with van der Waals surface area (Å²) in [6.07, 6.45) is 1.96. The lowest BCUT2D eigenvalue weighted by atomic mass is 10.1. The summed E-state index contributed by atoms with van der Waals surface area (Å²) in [4.78, 5) is 7.95. The fourth-order valence-corrected chi connectivity index (χ4v) is 2.83. The summed E-state index contributed by atoms with van der Waals surface area (Å²) < 4.78 is 0. The molecule has 0 radical (unpaired) electrons. The Labute approximate surface area is 94.8 Å². The lowest BCUT2D eigenvalue weighted by Crippen LogP contribution is -2.30.